The first-order valence-corrected chi connectivity index (χ1v) is 6.63. The molecule has 0 fully saturated rings. The molecule has 2 atom stereocenters. The molecule has 0 aliphatic carbocycles. The molecule has 0 spiro atoms. The zero-order valence-corrected chi connectivity index (χ0v) is 11.9. The minimum atomic E-state index is -0.944. The van der Waals surface area contributed by atoms with E-state index in [-0.39, 0.29) is 12.3 Å². The fraction of sp³-hybridized carbons (Fsp3) is 0.333. The Morgan fingerprint density at radius 1 is 1.14 bits per heavy atom. The fourth-order valence-corrected chi connectivity index (χ4v) is 2.54. The second kappa shape index (κ2) is 6.07. The number of nitro groups is 1. The number of aryl methyl sites for hydroxylation is 2. The Labute approximate surface area is 122 Å². The van der Waals surface area contributed by atoms with E-state index in [2.05, 4.69) is 0 Å². The van der Waals surface area contributed by atoms with Gasteiger partial charge in [0.25, 0.3) is 5.69 Å². The van der Waals surface area contributed by atoms with Gasteiger partial charge >= 0.3 is 0 Å². The van der Waals surface area contributed by atoms with Crippen LogP contribution in [0.4, 0.5) is 5.69 Å². The monoisotopic (exact) mass is 290 g/mol. The first-order valence-electron chi connectivity index (χ1n) is 6.63. The van der Waals surface area contributed by atoms with E-state index >= 15 is 0 Å². The lowest BCUT2D eigenvalue weighted by atomic mass is 10.0. The molecule has 0 amide bonds. The largest absolute Gasteiger partial charge is 0.394 e. The highest BCUT2D eigenvalue weighted by atomic mass is 16.6. The molecule has 6 heteroatoms. The number of hydrogen-bond acceptors (Lipinski definition) is 4. The van der Waals surface area contributed by atoms with Crippen LogP contribution in [0.3, 0.4) is 0 Å². The predicted molar refractivity (Wildman–Crippen MR) is 78.1 cm³/mol. The number of rotatable bonds is 5. The van der Waals surface area contributed by atoms with Gasteiger partial charge in [-0.15, -0.1) is 0 Å². The predicted octanol–water partition coefficient (Wildman–Crippen LogP) is 2.28. The number of hydrogen-bond donors (Lipinski definition) is 2. The molecule has 2 N–H and O–H groups in total. The van der Waals surface area contributed by atoms with E-state index in [9.17, 15) is 20.3 Å². The van der Waals surface area contributed by atoms with Gasteiger partial charge in [-0.2, -0.15) is 0 Å². The minimum Gasteiger partial charge on any atom is -0.394 e. The zero-order chi connectivity index (χ0) is 15.6. The summed E-state index contributed by atoms with van der Waals surface area (Å²) in [5.41, 5.74) is 2.38. The molecular formula is C15H18N2O4. The van der Waals surface area contributed by atoms with E-state index in [1.807, 2.05) is 30.5 Å². The van der Waals surface area contributed by atoms with Crippen molar-refractivity contribution in [3.8, 4) is 0 Å². The van der Waals surface area contributed by atoms with Crippen LogP contribution in [-0.2, 0) is 0 Å². The van der Waals surface area contributed by atoms with Crippen LogP contribution in [0.5, 0.6) is 0 Å². The molecule has 0 saturated heterocycles. The molecule has 0 saturated carbocycles. The first kappa shape index (κ1) is 15.2. The van der Waals surface area contributed by atoms with Gasteiger partial charge < -0.3 is 14.8 Å². The molecule has 21 heavy (non-hydrogen) atoms. The fourth-order valence-electron chi connectivity index (χ4n) is 2.54. The van der Waals surface area contributed by atoms with Gasteiger partial charge in [-0.1, -0.05) is 0 Å². The molecule has 2 rings (SSSR count). The third-order valence-electron chi connectivity index (χ3n) is 3.65. The molecule has 2 unspecified atom stereocenters. The lowest BCUT2D eigenvalue weighted by Gasteiger charge is -2.26. The third kappa shape index (κ3) is 2.96. The molecule has 112 valence electrons. The van der Waals surface area contributed by atoms with E-state index in [0.29, 0.717) is 5.56 Å². The lowest BCUT2D eigenvalue weighted by molar-refractivity contribution is -0.384. The summed E-state index contributed by atoms with van der Waals surface area (Å²) in [4.78, 5) is 10.2. The van der Waals surface area contributed by atoms with Gasteiger partial charge in [-0.25, -0.2) is 0 Å². The number of benzene rings is 1. The molecule has 1 heterocycles. The summed E-state index contributed by atoms with van der Waals surface area (Å²) in [6, 6.07) is 9.03. The average Bonchev–Trinajstić information content (AvgIpc) is 2.80. The number of nitrogens with zero attached hydrogens (tertiary/aromatic N) is 2. The van der Waals surface area contributed by atoms with Gasteiger partial charge in [0.15, 0.2) is 0 Å². The molecule has 0 radical (unpaired) electrons. The van der Waals surface area contributed by atoms with E-state index in [0.717, 1.165) is 11.4 Å². The van der Waals surface area contributed by atoms with Gasteiger partial charge in [-0.3, -0.25) is 10.1 Å². The van der Waals surface area contributed by atoms with E-state index in [1.165, 1.54) is 24.3 Å². The van der Waals surface area contributed by atoms with Gasteiger partial charge in [0, 0.05) is 23.5 Å². The second-order valence-corrected chi connectivity index (χ2v) is 5.03. The van der Waals surface area contributed by atoms with Crippen molar-refractivity contribution < 1.29 is 15.1 Å². The summed E-state index contributed by atoms with van der Waals surface area (Å²) in [6.45, 7) is 3.57. The molecule has 0 aliphatic heterocycles. The summed E-state index contributed by atoms with van der Waals surface area (Å²) in [7, 11) is 0. The van der Waals surface area contributed by atoms with E-state index < -0.39 is 17.1 Å². The highest BCUT2D eigenvalue weighted by molar-refractivity contribution is 5.34. The normalized spacial score (nSPS) is 13.9. The quantitative estimate of drug-likeness (QED) is 0.653. The number of aliphatic hydroxyl groups is 2. The van der Waals surface area contributed by atoms with Crippen LogP contribution in [0.15, 0.2) is 36.4 Å². The van der Waals surface area contributed by atoms with Crippen LogP contribution in [0, 0.1) is 24.0 Å². The third-order valence-corrected chi connectivity index (χ3v) is 3.65. The van der Waals surface area contributed by atoms with Crippen LogP contribution >= 0.6 is 0 Å². The van der Waals surface area contributed by atoms with Crippen molar-refractivity contribution in [3.05, 3.63) is 63.5 Å². The molecular weight excluding hydrogens is 272 g/mol. The molecule has 1 aromatic heterocycles. The number of aliphatic hydroxyl groups excluding tert-OH is 2. The highest BCUT2D eigenvalue weighted by Crippen LogP contribution is 2.30. The summed E-state index contributed by atoms with van der Waals surface area (Å²) in [5, 5.41) is 30.8. The number of aromatic nitrogens is 1. The Balaban J connectivity index is 2.32. The van der Waals surface area contributed by atoms with Crippen LogP contribution in [0.2, 0.25) is 0 Å². The summed E-state index contributed by atoms with van der Waals surface area (Å²) < 4.78 is 1.87. The maximum Gasteiger partial charge on any atom is 0.269 e. The van der Waals surface area contributed by atoms with Crippen LogP contribution in [0.25, 0.3) is 0 Å². The van der Waals surface area contributed by atoms with Crippen molar-refractivity contribution in [1.82, 2.24) is 4.57 Å². The Morgan fingerprint density at radius 3 is 2.10 bits per heavy atom. The van der Waals surface area contributed by atoms with Gasteiger partial charge in [-0.05, 0) is 43.7 Å². The minimum absolute atomic E-state index is 0.0279. The first-order chi connectivity index (χ1) is 9.95. The Hall–Kier alpha value is -2.18. The summed E-state index contributed by atoms with van der Waals surface area (Å²) in [5.74, 6) is 0. The van der Waals surface area contributed by atoms with Crippen molar-refractivity contribution in [2.45, 2.75) is 26.0 Å². The summed E-state index contributed by atoms with van der Waals surface area (Å²) >= 11 is 0. The second-order valence-electron chi connectivity index (χ2n) is 5.03. The SMILES string of the molecule is Cc1ccc(C)n1C(CO)C(O)c1ccc([N+](=O)[O-])cc1. The number of non-ortho nitro benzene ring substituents is 1. The van der Waals surface area contributed by atoms with Gasteiger partial charge in [0.2, 0.25) is 0 Å². The zero-order valence-electron chi connectivity index (χ0n) is 11.9. The smallest absolute Gasteiger partial charge is 0.269 e. The lowest BCUT2D eigenvalue weighted by Crippen LogP contribution is -2.23. The van der Waals surface area contributed by atoms with Crippen molar-refractivity contribution in [2.75, 3.05) is 6.61 Å². The van der Waals surface area contributed by atoms with Crippen molar-refractivity contribution >= 4 is 5.69 Å². The molecule has 2 aromatic rings. The van der Waals surface area contributed by atoms with Crippen LogP contribution < -0.4 is 0 Å². The van der Waals surface area contributed by atoms with Crippen LogP contribution in [-0.4, -0.2) is 26.3 Å². The van der Waals surface area contributed by atoms with E-state index in [1.54, 1.807) is 0 Å². The van der Waals surface area contributed by atoms with Crippen molar-refractivity contribution in [3.63, 3.8) is 0 Å². The van der Waals surface area contributed by atoms with Gasteiger partial charge in [0.1, 0.15) is 6.10 Å². The van der Waals surface area contributed by atoms with Crippen molar-refractivity contribution in [1.29, 1.82) is 0 Å². The maximum absolute atomic E-state index is 10.6. The summed E-state index contributed by atoms with van der Waals surface area (Å²) in [6.07, 6.45) is -0.944. The highest BCUT2D eigenvalue weighted by Gasteiger charge is 2.24. The molecule has 6 nitrogen and oxygen atoms in total. The topological polar surface area (TPSA) is 88.5 Å². The maximum atomic E-state index is 10.6. The van der Waals surface area contributed by atoms with Gasteiger partial charge in [0.05, 0.1) is 17.6 Å². The molecule has 0 bridgehead atoms. The average molecular weight is 290 g/mol. The Bertz CT molecular complexity index is 614. The van der Waals surface area contributed by atoms with Crippen molar-refractivity contribution in [2.24, 2.45) is 0 Å². The Kier molecular flexibility index (Phi) is 4.40. The number of nitro benzene ring substituents is 1. The molecule has 0 aliphatic rings. The molecule has 1 aromatic carbocycles. The standard InChI is InChI=1S/C15H18N2O4/c1-10-3-4-11(2)16(10)14(9-18)15(19)12-5-7-13(8-6-12)17(20)21/h3-8,14-15,18-19H,9H2,1-2H3. The Morgan fingerprint density at radius 2 is 1.67 bits per heavy atom. The van der Waals surface area contributed by atoms with E-state index in [4.69, 9.17) is 0 Å². The van der Waals surface area contributed by atoms with Crippen LogP contribution in [0.1, 0.15) is 29.1 Å².